The average Bonchev–Trinajstić information content (AvgIpc) is 2.29. The zero-order valence-electron chi connectivity index (χ0n) is 13.1. The zero-order chi connectivity index (χ0) is 13.8. The highest BCUT2D eigenvalue weighted by atomic mass is 16.3. The standard InChI is InChI=1S/C16H33NO/c1-6-9-16(4,13-18)12-17(5)14-7-10-15(2,3)11-8-14/h14,18H,6-13H2,1-5H3. The summed E-state index contributed by atoms with van der Waals surface area (Å²) >= 11 is 0. The minimum absolute atomic E-state index is 0.0798. The van der Waals surface area contributed by atoms with Crippen molar-refractivity contribution >= 4 is 0 Å². The van der Waals surface area contributed by atoms with Gasteiger partial charge in [0, 0.05) is 24.6 Å². The Hall–Kier alpha value is -0.0800. The molecule has 2 nitrogen and oxygen atoms in total. The predicted molar refractivity (Wildman–Crippen MR) is 78.8 cm³/mol. The third kappa shape index (κ3) is 4.55. The molecule has 0 aromatic carbocycles. The van der Waals surface area contributed by atoms with Crippen LogP contribution in [-0.2, 0) is 0 Å². The van der Waals surface area contributed by atoms with E-state index >= 15 is 0 Å². The lowest BCUT2D eigenvalue weighted by molar-refractivity contribution is 0.0509. The molecule has 0 bridgehead atoms. The van der Waals surface area contributed by atoms with Gasteiger partial charge in [0.25, 0.3) is 0 Å². The Morgan fingerprint density at radius 3 is 2.28 bits per heavy atom. The summed E-state index contributed by atoms with van der Waals surface area (Å²) in [5, 5.41) is 9.62. The van der Waals surface area contributed by atoms with Crippen LogP contribution in [0.1, 0.15) is 66.2 Å². The number of aliphatic hydroxyl groups excluding tert-OH is 1. The van der Waals surface area contributed by atoms with Crippen molar-refractivity contribution in [2.75, 3.05) is 20.2 Å². The van der Waals surface area contributed by atoms with Gasteiger partial charge in [-0.15, -0.1) is 0 Å². The third-order valence-corrected chi connectivity index (χ3v) is 4.80. The van der Waals surface area contributed by atoms with Gasteiger partial charge in [0.05, 0.1) is 0 Å². The molecule has 0 radical (unpaired) electrons. The lowest BCUT2D eigenvalue weighted by atomic mass is 9.75. The summed E-state index contributed by atoms with van der Waals surface area (Å²) in [5.74, 6) is 0. The lowest BCUT2D eigenvalue weighted by Gasteiger charge is -2.41. The SMILES string of the molecule is CCCC(C)(CO)CN(C)C1CCC(C)(C)CC1. The van der Waals surface area contributed by atoms with Crippen LogP contribution in [-0.4, -0.2) is 36.2 Å². The number of nitrogens with zero attached hydrogens (tertiary/aromatic N) is 1. The van der Waals surface area contributed by atoms with E-state index in [0.29, 0.717) is 12.0 Å². The van der Waals surface area contributed by atoms with Gasteiger partial charge in [-0.05, 0) is 44.6 Å². The molecule has 2 heteroatoms. The van der Waals surface area contributed by atoms with Crippen LogP contribution >= 0.6 is 0 Å². The topological polar surface area (TPSA) is 23.5 Å². The van der Waals surface area contributed by atoms with Crippen LogP contribution in [0.4, 0.5) is 0 Å². The Morgan fingerprint density at radius 1 is 1.28 bits per heavy atom. The average molecular weight is 255 g/mol. The molecule has 0 aliphatic heterocycles. The summed E-state index contributed by atoms with van der Waals surface area (Å²) in [4.78, 5) is 2.50. The molecule has 1 N–H and O–H groups in total. The molecule has 0 aromatic heterocycles. The Kier molecular flexibility index (Phi) is 5.67. The molecule has 18 heavy (non-hydrogen) atoms. The summed E-state index contributed by atoms with van der Waals surface area (Å²) in [6, 6.07) is 0.723. The fourth-order valence-corrected chi connectivity index (χ4v) is 3.37. The highest BCUT2D eigenvalue weighted by Crippen LogP contribution is 2.37. The zero-order valence-corrected chi connectivity index (χ0v) is 13.1. The summed E-state index contributed by atoms with van der Waals surface area (Å²) < 4.78 is 0. The second-order valence-electron chi connectivity index (χ2n) is 7.53. The number of hydrogen-bond acceptors (Lipinski definition) is 2. The van der Waals surface area contributed by atoms with E-state index in [0.717, 1.165) is 25.4 Å². The molecule has 1 atom stereocenters. The first-order valence-electron chi connectivity index (χ1n) is 7.63. The molecule has 1 fully saturated rings. The van der Waals surface area contributed by atoms with E-state index in [1.54, 1.807) is 0 Å². The van der Waals surface area contributed by atoms with Crippen LogP contribution in [0.15, 0.2) is 0 Å². The van der Waals surface area contributed by atoms with E-state index < -0.39 is 0 Å². The fraction of sp³-hybridized carbons (Fsp3) is 1.00. The van der Waals surface area contributed by atoms with Crippen molar-refractivity contribution < 1.29 is 5.11 Å². The first kappa shape index (κ1) is 16.0. The fourth-order valence-electron chi connectivity index (χ4n) is 3.37. The molecule has 108 valence electrons. The first-order valence-corrected chi connectivity index (χ1v) is 7.63. The Bertz CT molecular complexity index is 241. The van der Waals surface area contributed by atoms with E-state index in [1.807, 2.05) is 0 Å². The van der Waals surface area contributed by atoms with Crippen LogP contribution in [0.5, 0.6) is 0 Å². The van der Waals surface area contributed by atoms with Gasteiger partial charge in [0.15, 0.2) is 0 Å². The maximum Gasteiger partial charge on any atom is 0.0497 e. The van der Waals surface area contributed by atoms with E-state index in [2.05, 4.69) is 39.6 Å². The minimum atomic E-state index is 0.0798. The van der Waals surface area contributed by atoms with E-state index in [4.69, 9.17) is 0 Å². The van der Waals surface area contributed by atoms with Gasteiger partial charge < -0.3 is 10.0 Å². The van der Waals surface area contributed by atoms with Crippen molar-refractivity contribution in [3.63, 3.8) is 0 Å². The lowest BCUT2D eigenvalue weighted by Crippen LogP contribution is -2.44. The molecule has 1 saturated carbocycles. The van der Waals surface area contributed by atoms with Crippen molar-refractivity contribution in [3.05, 3.63) is 0 Å². The van der Waals surface area contributed by atoms with Crippen molar-refractivity contribution in [1.82, 2.24) is 4.90 Å². The normalized spacial score (nSPS) is 24.2. The number of hydrogen-bond donors (Lipinski definition) is 1. The maximum absolute atomic E-state index is 9.62. The van der Waals surface area contributed by atoms with Crippen molar-refractivity contribution in [3.8, 4) is 0 Å². The minimum Gasteiger partial charge on any atom is -0.396 e. The highest BCUT2D eigenvalue weighted by molar-refractivity contribution is 4.85. The molecular weight excluding hydrogens is 222 g/mol. The summed E-state index contributed by atoms with van der Waals surface area (Å²) in [7, 11) is 2.24. The number of rotatable bonds is 6. The smallest absolute Gasteiger partial charge is 0.0497 e. The molecule has 1 aliphatic carbocycles. The molecule has 1 rings (SSSR count). The number of aliphatic hydroxyl groups is 1. The van der Waals surface area contributed by atoms with Gasteiger partial charge in [-0.1, -0.05) is 34.1 Å². The second-order valence-corrected chi connectivity index (χ2v) is 7.53. The molecule has 1 unspecified atom stereocenters. The van der Waals surface area contributed by atoms with Gasteiger partial charge in [0.2, 0.25) is 0 Å². The summed E-state index contributed by atoms with van der Waals surface area (Å²) in [6.45, 7) is 10.5. The predicted octanol–water partition coefficient (Wildman–Crippen LogP) is 3.69. The summed E-state index contributed by atoms with van der Waals surface area (Å²) in [6.07, 6.45) is 7.58. The molecule has 0 saturated heterocycles. The van der Waals surface area contributed by atoms with E-state index in [9.17, 15) is 5.11 Å². The largest absolute Gasteiger partial charge is 0.396 e. The monoisotopic (exact) mass is 255 g/mol. The molecule has 1 aliphatic rings. The van der Waals surface area contributed by atoms with Crippen molar-refractivity contribution in [2.45, 2.75) is 72.3 Å². The molecule has 0 spiro atoms. The quantitative estimate of drug-likeness (QED) is 0.782. The summed E-state index contributed by atoms with van der Waals surface area (Å²) in [5.41, 5.74) is 0.623. The van der Waals surface area contributed by atoms with Gasteiger partial charge in [-0.3, -0.25) is 0 Å². The van der Waals surface area contributed by atoms with Gasteiger partial charge in [0.1, 0.15) is 0 Å². The van der Waals surface area contributed by atoms with Crippen LogP contribution in [0.3, 0.4) is 0 Å². The highest BCUT2D eigenvalue weighted by Gasteiger charge is 2.32. The van der Waals surface area contributed by atoms with E-state index in [1.165, 1.54) is 25.7 Å². The maximum atomic E-state index is 9.62. The van der Waals surface area contributed by atoms with Gasteiger partial charge >= 0.3 is 0 Å². The molecule has 0 heterocycles. The Balaban J connectivity index is 2.47. The Morgan fingerprint density at radius 2 is 1.83 bits per heavy atom. The van der Waals surface area contributed by atoms with E-state index in [-0.39, 0.29) is 5.41 Å². The van der Waals surface area contributed by atoms with Crippen LogP contribution in [0.25, 0.3) is 0 Å². The van der Waals surface area contributed by atoms with Crippen molar-refractivity contribution in [1.29, 1.82) is 0 Å². The van der Waals surface area contributed by atoms with Gasteiger partial charge in [-0.2, -0.15) is 0 Å². The second kappa shape index (κ2) is 6.38. The van der Waals surface area contributed by atoms with Crippen molar-refractivity contribution in [2.24, 2.45) is 10.8 Å². The molecule has 0 amide bonds. The molecular formula is C16H33NO. The molecule has 0 aromatic rings. The third-order valence-electron chi connectivity index (χ3n) is 4.80. The Labute approximate surface area is 114 Å². The van der Waals surface area contributed by atoms with Crippen LogP contribution < -0.4 is 0 Å². The van der Waals surface area contributed by atoms with Crippen LogP contribution in [0, 0.1) is 10.8 Å². The first-order chi connectivity index (χ1) is 8.32. The van der Waals surface area contributed by atoms with Gasteiger partial charge in [-0.25, -0.2) is 0 Å². The van der Waals surface area contributed by atoms with Crippen LogP contribution in [0.2, 0.25) is 0 Å².